The molecule has 6 heteroatoms. The Labute approximate surface area is 134 Å². The van der Waals surface area contributed by atoms with Gasteiger partial charge >= 0.3 is 6.18 Å². The molecule has 1 amide bonds. The molecule has 1 heterocycles. The van der Waals surface area contributed by atoms with Crippen LogP contribution in [-0.2, 0) is 22.1 Å². The van der Waals surface area contributed by atoms with Crippen LogP contribution in [0.15, 0.2) is 24.3 Å². The van der Waals surface area contributed by atoms with Gasteiger partial charge in [-0.25, -0.2) is 0 Å². The van der Waals surface area contributed by atoms with Crippen LogP contribution in [0.3, 0.4) is 0 Å². The first kappa shape index (κ1) is 17.8. The molecule has 0 spiro atoms. The van der Waals surface area contributed by atoms with Crippen LogP contribution in [0, 0.1) is 0 Å². The van der Waals surface area contributed by atoms with Crippen molar-refractivity contribution in [3.8, 4) is 0 Å². The maximum Gasteiger partial charge on any atom is 0.416 e. The van der Waals surface area contributed by atoms with Gasteiger partial charge in [0.1, 0.15) is 0 Å². The number of unbranched alkanes of at least 4 members (excludes halogenated alkanes) is 1. The van der Waals surface area contributed by atoms with Crippen molar-refractivity contribution in [3.05, 3.63) is 35.4 Å². The molecule has 128 valence electrons. The van der Waals surface area contributed by atoms with E-state index in [9.17, 15) is 18.0 Å². The molecule has 0 bridgehead atoms. The number of benzene rings is 1. The molecular weight excluding hydrogens is 307 g/mol. The van der Waals surface area contributed by atoms with Gasteiger partial charge < -0.3 is 10.1 Å². The highest BCUT2D eigenvalue weighted by Gasteiger charge is 2.33. The maximum absolute atomic E-state index is 12.9. The van der Waals surface area contributed by atoms with Crippen LogP contribution in [-0.4, -0.2) is 25.2 Å². The molecule has 0 aromatic heterocycles. The number of hydrogen-bond donors (Lipinski definition) is 1. The highest BCUT2D eigenvalue weighted by Crippen LogP contribution is 2.31. The molecule has 1 aliphatic heterocycles. The quantitative estimate of drug-likeness (QED) is 0.775. The van der Waals surface area contributed by atoms with Gasteiger partial charge in [-0.15, -0.1) is 0 Å². The van der Waals surface area contributed by atoms with Crippen LogP contribution in [0.4, 0.5) is 13.2 Å². The SMILES string of the molecule is O=C(Cc1ccccc1C(F)(F)F)NCCCCC1CCCO1. The monoisotopic (exact) mass is 329 g/mol. The Morgan fingerprint density at radius 3 is 2.74 bits per heavy atom. The minimum absolute atomic E-state index is 0.0110. The second-order valence-electron chi connectivity index (χ2n) is 5.81. The second-order valence-corrected chi connectivity index (χ2v) is 5.81. The summed E-state index contributed by atoms with van der Waals surface area (Å²) in [6.07, 6.45) is 0.605. The predicted octanol–water partition coefficient (Wildman–Crippen LogP) is 3.71. The fourth-order valence-corrected chi connectivity index (χ4v) is 2.78. The van der Waals surface area contributed by atoms with E-state index < -0.39 is 11.7 Å². The van der Waals surface area contributed by atoms with Crippen LogP contribution < -0.4 is 5.32 Å². The summed E-state index contributed by atoms with van der Waals surface area (Å²) in [5.41, 5.74) is -0.731. The average molecular weight is 329 g/mol. The molecule has 3 nitrogen and oxygen atoms in total. The first-order chi connectivity index (χ1) is 11.0. The largest absolute Gasteiger partial charge is 0.416 e. The predicted molar refractivity (Wildman–Crippen MR) is 81.0 cm³/mol. The van der Waals surface area contributed by atoms with E-state index in [0.29, 0.717) is 12.6 Å². The zero-order valence-corrected chi connectivity index (χ0v) is 13.0. The van der Waals surface area contributed by atoms with Crippen molar-refractivity contribution in [2.75, 3.05) is 13.2 Å². The minimum atomic E-state index is -4.43. The number of halogens is 3. The van der Waals surface area contributed by atoms with E-state index >= 15 is 0 Å². The highest BCUT2D eigenvalue weighted by molar-refractivity contribution is 5.78. The molecule has 0 radical (unpaired) electrons. The molecule has 1 fully saturated rings. The number of nitrogens with one attached hydrogen (secondary N) is 1. The third kappa shape index (κ3) is 5.86. The number of ether oxygens (including phenoxy) is 1. The Bertz CT molecular complexity index is 511. The molecule has 0 aliphatic carbocycles. The summed E-state index contributed by atoms with van der Waals surface area (Å²) >= 11 is 0. The van der Waals surface area contributed by atoms with Crippen molar-refractivity contribution in [2.45, 2.75) is 50.8 Å². The van der Waals surface area contributed by atoms with Crippen LogP contribution in [0.5, 0.6) is 0 Å². The first-order valence-electron chi connectivity index (χ1n) is 8.00. The normalized spacial score (nSPS) is 18.1. The van der Waals surface area contributed by atoms with E-state index in [4.69, 9.17) is 4.74 Å². The number of hydrogen-bond acceptors (Lipinski definition) is 2. The molecule has 1 aliphatic rings. The molecule has 0 saturated carbocycles. The van der Waals surface area contributed by atoms with E-state index in [1.165, 1.54) is 18.2 Å². The number of carbonyl (C=O) groups excluding carboxylic acids is 1. The summed E-state index contributed by atoms with van der Waals surface area (Å²) in [6, 6.07) is 5.19. The fraction of sp³-hybridized carbons (Fsp3) is 0.588. The van der Waals surface area contributed by atoms with E-state index in [1.54, 1.807) is 0 Å². The van der Waals surface area contributed by atoms with Crippen LogP contribution >= 0.6 is 0 Å². The zero-order valence-electron chi connectivity index (χ0n) is 13.0. The van der Waals surface area contributed by atoms with E-state index in [1.807, 2.05) is 0 Å². The number of rotatable bonds is 7. The van der Waals surface area contributed by atoms with Gasteiger partial charge in [0.15, 0.2) is 0 Å². The highest BCUT2D eigenvalue weighted by atomic mass is 19.4. The lowest BCUT2D eigenvalue weighted by Crippen LogP contribution is -2.27. The third-order valence-corrected chi connectivity index (χ3v) is 3.97. The van der Waals surface area contributed by atoms with Crippen LogP contribution in [0.1, 0.15) is 43.2 Å². The third-order valence-electron chi connectivity index (χ3n) is 3.97. The van der Waals surface area contributed by atoms with Gasteiger partial charge in [0.25, 0.3) is 0 Å². The molecule has 1 aromatic rings. The lowest BCUT2D eigenvalue weighted by Gasteiger charge is -2.13. The topological polar surface area (TPSA) is 38.3 Å². The van der Waals surface area contributed by atoms with Crippen molar-refractivity contribution < 1.29 is 22.7 Å². The fourth-order valence-electron chi connectivity index (χ4n) is 2.78. The van der Waals surface area contributed by atoms with Crippen molar-refractivity contribution in [1.29, 1.82) is 0 Å². The number of alkyl halides is 3. The second kappa shape index (κ2) is 8.34. The molecule has 1 atom stereocenters. The molecule has 2 rings (SSSR count). The molecule has 1 unspecified atom stereocenters. The molecule has 1 aromatic carbocycles. The lowest BCUT2D eigenvalue weighted by molar-refractivity contribution is -0.138. The van der Waals surface area contributed by atoms with Crippen molar-refractivity contribution >= 4 is 5.91 Å². The standard InChI is InChI=1S/C17H22F3NO2/c18-17(19,20)15-9-2-1-6-13(15)12-16(22)21-10-4-3-7-14-8-5-11-23-14/h1-2,6,9,14H,3-5,7-8,10-12H2,(H,21,22). The van der Waals surface area contributed by atoms with Gasteiger partial charge in [0.05, 0.1) is 18.1 Å². The molecular formula is C17H22F3NO2. The Morgan fingerprint density at radius 2 is 2.04 bits per heavy atom. The lowest BCUT2D eigenvalue weighted by atomic mass is 10.0. The molecule has 23 heavy (non-hydrogen) atoms. The van der Waals surface area contributed by atoms with Gasteiger partial charge in [0, 0.05) is 13.2 Å². The Balaban J connectivity index is 1.70. The van der Waals surface area contributed by atoms with Crippen molar-refractivity contribution in [3.63, 3.8) is 0 Å². The number of amides is 1. The Hall–Kier alpha value is -1.56. The Kier molecular flexibility index (Phi) is 6.45. The average Bonchev–Trinajstić information content (AvgIpc) is 2.99. The summed E-state index contributed by atoms with van der Waals surface area (Å²) in [6.45, 7) is 1.32. The van der Waals surface area contributed by atoms with Gasteiger partial charge in [-0.3, -0.25) is 4.79 Å². The summed E-state index contributed by atoms with van der Waals surface area (Å²) in [5, 5.41) is 2.69. The van der Waals surface area contributed by atoms with Gasteiger partial charge in [-0.05, 0) is 43.7 Å². The summed E-state index contributed by atoms with van der Waals surface area (Å²) in [4.78, 5) is 11.8. The molecule has 1 saturated heterocycles. The van der Waals surface area contributed by atoms with Crippen molar-refractivity contribution in [1.82, 2.24) is 5.32 Å². The van der Waals surface area contributed by atoms with Crippen LogP contribution in [0.25, 0.3) is 0 Å². The Morgan fingerprint density at radius 1 is 1.26 bits per heavy atom. The maximum atomic E-state index is 12.9. The summed E-state index contributed by atoms with van der Waals surface area (Å²) in [7, 11) is 0. The first-order valence-corrected chi connectivity index (χ1v) is 8.00. The van der Waals surface area contributed by atoms with Gasteiger partial charge in [-0.2, -0.15) is 13.2 Å². The molecule has 1 N–H and O–H groups in total. The van der Waals surface area contributed by atoms with Gasteiger partial charge in [0.2, 0.25) is 5.91 Å². The number of carbonyl (C=O) groups is 1. The van der Waals surface area contributed by atoms with E-state index in [2.05, 4.69) is 5.32 Å². The minimum Gasteiger partial charge on any atom is -0.378 e. The zero-order chi connectivity index (χ0) is 16.7. The smallest absolute Gasteiger partial charge is 0.378 e. The van der Waals surface area contributed by atoms with E-state index in [0.717, 1.165) is 44.8 Å². The van der Waals surface area contributed by atoms with Crippen LogP contribution in [0.2, 0.25) is 0 Å². The van der Waals surface area contributed by atoms with E-state index in [-0.39, 0.29) is 17.9 Å². The summed E-state index contributed by atoms with van der Waals surface area (Å²) in [5.74, 6) is -0.376. The van der Waals surface area contributed by atoms with Gasteiger partial charge in [-0.1, -0.05) is 18.2 Å². The van der Waals surface area contributed by atoms with Crippen molar-refractivity contribution in [2.24, 2.45) is 0 Å². The summed E-state index contributed by atoms with van der Waals surface area (Å²) < 4.78 is 44.1.